The molecular formula is C68H36F78O2Si2. The first-order valence-electron chi connectivity index (χ1n) is 37.0. The summed E-state index contributed by atoms with van der Waals surface area (Å²) < 4.78 is 1140. The van der Waals surface area contributed by atoms with Gasteiger partial charge < -0.3 is 10.2 Å². The fourth-order valence-electron chi connectivity index (χ4n) is 13.6. The lowest BCUT2D eigenvalue weighted by Crippen LogP contribution is -2.70. The molecule has 0 amide bonds. The van der Waals surface area contributed by atoms with Crippen LogP contribution in [0.4, 0.5) is 342 Å². The summed E-state index contributed by atoms with van der Waals surface area (Å²) >= 11 is 0. The van der Waals surface area contributed by atoms with Gasteiger partial charge in [0.2, 0.25) is 0 Å². The number of hydrogen-bond donors (Lipinski definition) is 2. The fraction of sp³-hybridized carbons (Fsp3) is 0.706. The summed E-state index contributed by atoms with van der Waals surface area (Å²) in [6.45, 7) is 0. The van der Waals surface area contributed by atoms with Crippen LogP contribution in [0.15, 0.2) is 60.7 Å². The van der Waals surface area contributed by atoms with Crippen molar-refractivity contribution in [3.63, 3.8) is 0 Å². The molecule has 0 unspecified atom stereocenters. The van der Waals surface area contributed by atoms with Gasteiger partial charge in [0.05, 0.1) is 16.1 Å². The highest BCUT2D eigenvalue weighted by molar-refractivity contribution is 6.92. The lowest BCUT2D eigenvalue weighted by molar-refractivity contribution is -0.440. The zero-order chi connectivity index (χ0) is 120. The quantitative estimate of drug-likeness (QED) is 0.0342. The first-order valence-corrected chi connectivity index (χ1v) is 42.2. The van der Waals surface area contributed by atoms with E-state index in [0.717, 1.165) is 0 Å². The van der Waals surface area contributed by atoms with Crippen LogP contribution in [-0.4, -0.2) is 241 Å². The third-order valence-electron chi connectivity index (χ3n) is 23.0. The predicted octanol–water partition coefficient (Wildman–Crippen LogP) is 33.2. The van der Waals surface area contributed by atoms with Crippen molar-refractivity contribution in [2.24, 2.45) is 0 Å². The van der Waals surface area contributed by atoms with Gasteiger partial charge in [0.25, 0.3) is 0 Å². The number of rotatable bonds is 45. The van der Waals surface area contributed by atoms with Crippen LogP contribution in [0, 0.1) is 0 Å². The lowest BCUT2D eigenvalue weighted by atomic mass is 9.92. The number of hydrogen-bond acceptors (Lipinski definition) is 2. The van der Waals surface area contributed by atoms with Gasteiger partial charge in [-0.05, 0) is 69.9 Å². The molecule has 0 aromatic heterocycles. The predicted molar refractivity (Wildman–Crippen MR) is 342 cm³/mol. The first-order chi connectivity index (χ1) is 64.7. The normalized spacial score (nSPS) is 16.4. The molecule has 0 fully saturated rings. The average molecular weight is 2420 g/mol. The molecule has 0 aliphatic carbocycles. The van der Waals surface area contributed by atoms with Crippen molar-refractivity contribution in [2.75, 3.05) is 0 Å². The van der Waals surface area contributed by atoms with Crippen LogP contribution in [-0.2, 0) is 0 Å². The Labute approximate surface area is 773 Å². The van der Waals surface area contributed by atoms with Gasteiger partial charge in [0.15, 0.2) is 0 Å². The highest BCUT2D eigenvalue weighted by Crippen LogP contribution is 2.71. The van der Waals surface area contributed by atoms with Crippen LogP contribution >= 0.6 is 0 Å². The van der Waals surface area contributed by atoms with Gasteiger partial charge in [0.1, 0.15) is 11.5 Å². The van der Waals surface area contributed by atoms with Gasteiger partial charge in [-0.2, -0.15) is 342 Å². The average Bonchev–Trinajstić information content (AvgIpc) is 0.716. The highest BCUT2D eigenvalue weighted by Gasteiger charge is 2.98. The maximum atomic E-state index is 16.1. The van der Waals surface area contributed by atoms with Crippen molar-refractivity contribution in [2.45, 2.75) is 290 Å². The Hall–Kier alpha value is -8.03. The Balaban J connectivity index is 2.57. The van der Waals surface area contributed by atoms with Gasteiger partial charge in [0, 0.05) is 49.7 Å². The van der Waals surface area contributed by atoms with Crippen LogP contribution in [0.25, 0.3) is 32.7 Å². The number of phenols is 2. The zero-order valence-corrected chi connectivity index (χ0v) is 70.6. The Kier molecular flexibility index (Phi) is 33.4. The van der Waals surface area contributed by atoms with Crippen LogP contribution < -0.4 is 10.4 Å². The third-order valence-corrected chi connectivity index (χ3v) is 33.3. The van der Waals surface area contributed by atoms with Crippen LogP contribution in [0.2, 0.25) is 36.3 Å². The Morgan fingerprint density at radius 1 is 0.147 bits per heavy atom. The Morgan fingerprint density at radius 3 is 0.387 bits per heavy atom. The molecule has 0 bridgehead atoms. The Morgan fingerprint density at radius 2 is 0.267 bits per heavy atom. The van der Waals surface area contributed by atoms with Crippen LogP contribution in [0.3, 0.4) is 0 Å². The van der Waals surface area contributed by atoms with Crippen molar-refractivity contribution in [1.29, 1.82) is 0 Å². The summed E-state index contributed by atoms with van der Waals surface area (Å²) in [4.78, 5) is 0. The molecule has 0 radical (unpaired) electrons. The minimum absolute atomic E-state index is 0.448. The smallest absolute Gasteiger partial charge is 0.460 e. The molecule has 0 heterocycles. The summed E-state index contributed by atoms with van der Waals surface area (Å²) in [6.07, 6.45) is -79.9. The van der Waals surface area contributed by atoms with Crippen molar-refractivity contribution < 1.29 is 353 Å². The maximum Gasteiger partial charge on any atom is 0.460 e. The minimum atomic E-state index is -9.44. The molecule has 0 aliphatic rings. The van der Waals surface area contributed by atoms with Crippen molar-refractivity contribution in [3.8, 4) is 22.6 Å². The van der Waals surface area contributed by atoms with Gasteiger partial charge >= 0.3 is 215 Å². The van der Waals surface area contributed by atoms with E-state index in [0.29, 0.717) is 0 Å². The van der Waals surface area contributed by atoms with Gasteiger partial charge in [-0.1, -0.05) is 58.9 Å². The topological polar surface area (TPSA) is 40.5 Å². The van der Waals surface area contributed by atoms with E-state index >= 15 is 158 Å². The molecular weight excluding hydrogens is 2390 g/mol. The number of fused-ring (bicyclic) bond motifs is 2. The van der Waals surface area contributed by atoms with E-state index in [1.54, 1.807) is 0 Å². The Bertz CT molecular complexity index is 4720. The van der Waals surface area contributed by atoms with E-state index in [2.05, 4.69) is 0 Å². The monoisotopic (exact) mass is 2420 g/mol. The second-order valence-electron chi connectivity index (χ2n) is 32.4. The van der Waals surface area contributed by atoms with Crippen LogP contribution in [0.1, 0.15) is 38.5 Å². The summed E-state index contributed by atoms with van der Waals surface area (Å²) in [5.41, 5.74) is -4.26. The van der Waals surface area contributed by atoms with Gasteiger partial charge in [-0.25, -0.2) is 0 Å². The van der Waals surface area contributed by atoms with E-state index in [1.807, 2.05) is 0 Å². The lowest BCUT2D eigenvalue weighted by Gasteiger charge is -2.43. The number of phenolic OH excluding ortho intramolecular Hbond substituents is 2. The molecule has 4 aromatic carbocycles. The molecule has 2 N–H and O–H groups in total. The molecule has 4 aromatic rings. The number of halogens is 78. The van der Waals surface area contributed by atoms with E-state index in [1.165, 1.54) is 0 Å². The van der Waals surface area contributed by atoms with E-state index in [9.17, 15) is 195 Å². The van der Waals surface area contributed by atoms with Crippen molar-refractivity contribution >= 4 is 48.1 Å². The number of aromatic hydroxyl groups is 2. The summed E-state index contributed by atoms with van der Waals surface area (Å²) in [6, 6.07) is -31.7. The molecule has 0 saturated heterocycles. The van der Waals surface area contributed by atoms with Crippen molar-refractivity contribution in [1.82, 2.24) is 0 Å². The van der Waals surface area contributed by atoms with Gasteiger partial charge in [-0.3, -0.25) is 0 Å². The van der Waals surface area contributed by atoms with E-state index < -0.39 is 421 Å². The fourth-order valence-corrected chi connectivity index (χ4v) is 23.4. The molecule has 2 nitrogen and oxygen atoms in total. The molecule has 82 heteroatoms. The number of alkyl halides is 78. The molecule has 0 spiro atoms. The van der Waals surface area contributed by atoms with E-state index in [-0.39, 0.29) is 0 Å². The second-order valence-corrected chi connectivity index (χ2v) is 41.6. The molecule has 0 aliphatic heterocycles. The maximum absolute atomic E-state index is 16.1. The SMILES string of the molecule is Oc1ccc2cc([Si](CCC(F)(F)C(F)(F)C(F)(F)C(F)(F)C(F)(F)C(F)(F)F)(CCC(F)(F)C(F)(F)C(F)(F)C(F)(F)C(F)(F)C(F)(F)F)CCC(F)(F)C(F)(F)C(F)(F)C(F)(F)C(F)(F)C(F)(F)F)ccc2c1-c1c(O)ccc2cc([Si](CCC(F)(F)C(F)(F)C(F)(F)C(F)(F)C(F)(F)C(F)(F)F)(CCC(F)(F)C(F)(F)C(F)(F)C(F)(F)C(F)(F)C(F)(F)F)CCC(F)(F)C(F)(F)C(F)(F)C(F)(F)C(F)(F)C(F)(F)F)ccc12. The summed E-state index contributed by atoms with van der Waals surface area (Å²) in [5, 5.41) is 9.02. The zero-order valence-electron chi connectivity index (χ0n) is 68.6. The summed E-state index contributed by atoms with van der Waals surface area (Å²) in [5.74, 6) is -277. The molecule has 0 saturated carbocycles. The highest BCUT2D eigenvalue weighted by atomic mass is 28.3. The molecule has 874 valence electrons. The van der Waals surface area contributed by atoms with E-state index in [4.69, 9.17) is 0 Å². The van der Waals surface area contributed by atoms with Crippen molar-refractivity contribution in [3.05, 3.63) is 60.7 Å². The second kappa shape index (κ2) is 37.3. The largest absolute Gasteiger partial charge is 0.507 e. The number of benzene rings is 4. The molecule has 150 heavy (non-hydrogen) atoms. The third kappa shape index (κ3) is 19.5. The minimum Gasteiger partial charge on any atom is -0.507 e. The first kappa shape index (κ1) is 134. The standard InChI is InChI=1S/C68H36F78O2Si2/c69-33(70,39(81,82)45(93,94)51(105,106)57(117,118)63(129,130)131)9-15-149(16-10-34(71,72)40(83,84)46(95,96)52(107,108)58(119,120)64(132,133)134,17-11-35(73,74)41(85,86)47(97,98)53(109,110)59(121,122)65(135,136)137)25-3-5-27-23(21-25)1-7-29(147)31(27)32-28-6-4-26(22-24(28)2-8-30(32)148)150(18-12-36(75,76)42(87,88)48(99,100)54(111,112)60(123,124)66(138,139)140,19-13-37(77,78)43(89,90)49(101,102)55(113,114)61(125,126)67(141,142)143)20-14-38(79,80)44(91,92)50(103,104)56(115,116)62(127,128)68(144,145)146/h1-8,21-22,147-148H,9-20H2. The molecule has 4 rings (SSSR count). The van der Waals surface area contributed by atoms with Crippen LogP contribution in [0.5, 0.6) is 11.5 Å². The summed E-state index contributed by atoms with van der Waals surface area (Å²) in [7, 11) is -16.5. The van der Waals surface area contributed by atoms with Gasteiger partial charge in [-0.15, -0.1) is 0 Å². The molecule has 0 atom stereocenters.